The Morgan fingerprint density at radius 2 is 2.10 bits per heavy atom. The fourth-order valence-corrected chi connectivity index (χ4v) is 3.01. The van der Waals surface area contributed by atoms with Gasteiger partial charge >= 0.3 is 0 Å². The molecule has 0 saturated carbocycles. The number of benzene rings is 1. The lowest BCUT2D eigenvalue weighted by atomic mass is 10.1. The molecule has 0 amide bonds. The average molecular weight is 286 g/mol. The fraction of sp³-hybridized carbons (Fsp3) is 0.500. The van der Waals surface area contributed by atoms with Gasteiger partial charge in [0.05, 0.1) is 17.4 Å². The van der Waals surface area contributed by atoms with Crippen molar-refractivity contribution in [2.45, 2.75) is 32.4 Å². The monoisotopic (exact) mass is 286 g/mol. The Morgan fingerprint density at radius 1 is 1.33 bits per heavy atom. The molecule has 1 aromatic heterocycles. The highest BCUT2D eigenvalue weighted by molar-refractivity contribution is 5.77. The van der Waals surface area contributed by atoms with Gasteiger partial charge in [0.15, 0.2) is 0 Å². The second kappa shape index (κ2) is 6.37. The van der Waals surface area contributed by atoms with E-state index in [0.29, 0.717) is 11.4 Å². The number of rotatable bonds is 4. The summed E-state index contributed by atoms with van der Waals surface area (Å²) in [5, 5.41) is 4.16. The minimum atomic E-state index is -0.0434. The van der Waals surface area contributed by atoms with Crippen molar-refractivity contribution in [3.63, 3.8) is 0 Å². The van der Waals surface area contributed by atoms with E-state index in [4.69, 9.17) is 0 Å². The van der Waals surface area contributed by atoms with Crippen LogP contribution in [0, 0.1) is 0 Å². The number of piperidine rings is 1. The predicted molar refractivity (Wildman–Crippen MR) is 84.3 cm³/mol. The number of aromatic amines is 1. The highest BCUT2D eigenvalue weighted by atomic mass is 16.1. The number of H-pyrrole nitrogens is 1. The Kier molecular flexibility index (Phi) is 4.31. The van der Waals surface area contributed by atoms with Crippen LogP contribution in [0.15, 0.2) is 29.1 Å². The molecule has 0 atom stereocenters. The Bertz CT molecular complexity index is 659. The maximum Gasteiger partial charge on any atom is 0.258 e. The van der Waals surface area contributed by atoms with Gasteiger partial charge in [0.25, 0.3) is 5.56 Å². The molecule has 2 heterocycles. The van der Waals surface area contributed by atoms with Gasteiger partial charge in [-0.3, -0.25) is 9.69 Å². The maximum atomic E-state index is 12.1. The first-order valence-corrected chi connectivity index (χ1v) is 7.70. The van der Waals surface area contributed by atoms with Crippen LogP contribution in [0.4, 0.5) is 0 Å². The van der Waals surface area contributed by atoms with Crippen LogP contribution in [0.1, 0.15) is 25.6 Å². The summed E-state index contributed by atoms with van der Waals surface area (Å²) in [5.41, 5.74) is 0.733. The minimum absolute atomic E-state index is 0.0434. The number of hydrogen-bond donors (Lipinski definition) is 2. The van der Waals surface area contributed by atoms with Gasteiger partial charge in [-0.05, 0) is 31.5 Å². The molecule has 1 aliphatic rings. The zero-order chi connectivity index (χ0) is 14.7. The van der Waals surface area contributed by atoms with Crippen molar-refractivity contribution in [1.29, 1.82) is 0 Å². The van der Waals surface area contributed by atoms with E-state index in [9.17, 15) is 4.79 Å². The van der Waals surface area contributed by atoms with Gasteiger partial charge in [-0.15, -0.1) is 0 Å². The van der Waals surface area contributed by atoms with Gasteiger partial charge in [-0.2, -0.15) is 0 Å². The molecule has 1 aromatic carbocycles. The summed E-state index contributed by atoms with van der Waals surface area (Å²) in [7, 11) is 0. The van der Waals surface area contributed by atoms with Crippen molar-refractivity contribution < 1.29 is 0 Å². The van der Waals surface area contributed by atoms with E-state index in [0.717, 1.165) is 50.4 Å². The fourth-order valence-electron chi connectivity index (χ4n) is 3.01. The van der Waals surface area contributed by atoms with Crippen molar-refractivity contribution in [3.05, 3.63) is 40.4 Å². The molecule has 0 aliphatic carbocycles. The number of hydrogen-bond acceptors (Lipinski definition) is 4. The number of likely N-dealkylation sites (tertiary alicyclic amines) is 1. The number of nitrogens with zero attached hydrogens (tertiary/aromatic N) is 2. The van der Waals surface area contributed by atoms with Crippen LogP contribution in [0.3, 0.4) is 0 Å². The van der Waals surface area contributed by atoms with Gasteiger partial charge in [-0.1, -0.05) is 19.1 Å². The van der Waals surface area contributed by atoms with E-state index < -0.39 is 0 Å². The molecule has 5 nitrogen and oxygen atoms in total. The summed E-state index contributed by atoms with van der Waals surface area (Å²) in [5.74, 6) is 0.764. The van der Waals surface area contributed by atoms with E-state index in [1.807, 2.05) is 24.3 Å². The summed E-state index contributed by atoms with van der Waals surface area (Å²) in [6, 6.07) is 8.12. The lowest BCUT2D eigenvalue weighted by molar-refractivity contribution is 0.188. The molecule has 2 N–H and O–H groups in total. The van der Waals surface area contributed by atoms with E-state index in [1.165, 1.54) is 0 Å². The van der Waals surface area contributed by atoms with Crippen LogP contribution >= 0.6 is 0 Å². The molecule has 0 unspecified atom stereocenters. The molecule has 2 aromatic rings. The molecule has 21 heavy (non-hydrogen) atoms. The van der Waals surface area contributed by atoms with Crippen molar-refractivity contribution in [2.75, 3.05) is 19.6 Å². The Hall–Kier alpha value is -1.72. The predicted octanol–water partition coefficient (Wildman–Crippen LogP) is 1.50. The third-order valence-corrected chi connectivity index (χ3v) is 4.12. The van der Waals surface area contributed by atoms with Crippen LogP contribution < -0.4 is 10.9 Å². The normalized spacial score (nSPS) is 17.4. The Morgan fingerprint density at radius 3 is 2.86 bits per heavy atom. The van der Waals surface area contributed by atoms with Crippen LogP contribution in [-0.4, -0.2) is 40.5 Å². The number of nitrogens with one attached hydrogen (secondary N) is 2. The van der Waals surface area contributed by atoms with Crippen LogP contribution in [0.25, 0.3) is 10.9 Å². The first kappa shape index (κ1) is 14.2. The zero-order valence-corrected chi connectivity index (χ0v) is 12.4. The summed E-state index contributed by atoms with van der Waals surface area (Å²) >= 11 is 0. The number of para-hydroxylation sites is 1. The standard InChI is InChI=1S/C16H22N4O/c1-2-17-12-7-9-20(10-8-12)11-15-18-14-6-4-3-5-13(14)16(21)19-15/h3-6,12,17H,2,7-11H2,1H3,(H,18,19,21). The zero-order valence-electron chi connectivity index (χ0n) is 12.4. The van der Waals surface area contributed by atoms with Crippen molar-refractivity contribution in [1.82, 2.24) is 20.2 Å². The molecule has 1 fully saturated rings. The molecule has 0 bridgehead atoms. The van der Waals surface area contributed by atoms with E-state index in [2.05, 4.69) is 27.1 Å². The number of fused-ring (bicyclic) bond motifs is 1. The summed E-state index contributed by atoms with van der Waals surface area (Å²) < 4.78 is 0. The summed E-state index contributed by atoms with van der Waals surface area (Å²) in [6.07, 6.45) is 2.32. The van der Waals surface area contributed by atoms with Crippen LogP contribution in [-0.2, 0) is 6.54 Å². The molecule has 0 radical (unpaired) electrons. The van der Waals surface area contributed by atoms with Gasteiger partial charge in [0.2, 0.25) is 0 Å². The lowest BCUT2D eigenvalue weighted by Crippen LogP contribution is -2.42. The maximum absolute atomic E-state index is 12.1. The largest absolute Gasteiger partial charge is 0.314 e. The smallest absolute Gasteiger partial charge is 0.258 e. The molecule has 3 rings (SSSR count). The first-order valence-electron chi connectivity index (χ1n) is 7.70. The molecule has 5 heteroatoms. The molecule has 0 spiro atoms. The third-order valence-electron chi connectivity index (χ3n) is 4.12. The van der Waals surface area contributed by atoms with E-state index in [1.54, 1.807) is 0 Å². The quantitative estimate of drug-likeness (QED) is 0.894. The Labute approximate surface area is 124 Å². The second-order valence-corrected chi connectivity index (χ2v) is 5.64. The Balaban J connectivity index is 1.70. The highest BCUT2D eigenvalue weighted by Gasteiger charge is 2.19. The topological polar surface area (TPSA) is 61.0 Å². The third kappa shape index (κ3) is 3.31. The molecule has 1 aliphatic heterocycles. The lowest BCUT2D eigenvalue weighted by Gasteiger charge is -2.31. The van der Waals surface area contributed by atoms with Crippen molar-refractivity contribution in [2.24, 2.45) is 0 Å². The number of aromatic nitrogens is 2. The van der Waals surface area contributed by atoms with Crippen LogP contribution in [0.5, 0.6) is 0 Å². The van der Waals surface area contributed by atoms with Gasteiger partial charge < -0.3 is 10.3 Å². The first-order chi connectivity index (χ1) is 10.3. The summed E-state index contributed by atoms with van der Waals surface area (Å²) in [6.45, 7) is 6.00. The second-order valence-electron chi connectivity index (χ2n) is 5.64. The molecule has 1 saturated heterocycles. The minimum Gasteiger partial charge on any atom is -0.314 e. The van der Waals surface area contributed by atoms with E-state index in [-0.39, 0.29) is 5.56 Å². The van der Waals surface area contributed by atoms with Crippen molar-refractivity contribution >= 4 is 10.9 Å². The van der Waals surface area contributed by atoms with Gasteiger partial charge in [0, 0.05) is 19.1 Å². The van der Waals surface area contributed by atoms with Gasteiger partial charge in [-0.25, -0.2) is 4.98 Å². The van der Waals surface area contributed by atoms with Gasteiger partial charge in [0.1, 0.15) is 5.82 Å². The summed E-state index contributed by atoms with van der Waals surface area (Å²) in [4.78, 5) is 21.9. The molecule has 112 valence electrons. The average Bonchev–Trinajstić information content (AvgIpc) is 2.50. The van der Waals surface area contributed by atoms with E-state index >= 15 is 0 Å². The molecular formula is C16H22N4O. The highest BCUT2D eigenvalue weighted by Crippen LogP contribution is 2.13. The SMILES string of the molecule is CCNC1CCN(Cc2nc3ccccc3c(=O)[nH]2)CC1. The van der Waals surface area contributed by atoms with Crippen LogP contribution in [0.2, 0.25) is 0 Å². The molecular weight excluding hydrogens is 264 g/mol. The van der Waals surface area contributed by atoms with Crippen molar-refractivity contribution in [3.8, 4) is 0 Å².